The van der Waals surface area contributed by atoms with Gasteiger partial charge in [-0.15, -0.1) is 0 Å². The number of anilines is 1. The summed E-state index contributed by atoms with van der Waals surface area (Å²) in [6.45, 7) is 6.44. The van der Waals surface area contributed by atoms with Crippen molar-refractivity contribution in [1.82, 2.24) is 9.29 Å². The topological polar surface area (TPSA) is 54.3 Å². The van der Waals surface area contributed by atoms with Crippen LogP contribution in [0.4, 0.5) is 18.9 Å². The Balaban J connectivity index is 0.00000132. The van der Waals surface area contributed by atoms with Crippen molar-refractivity contribution < 1.29 is 21.6 Å². The Labute approximate surface area is 184 Å². The number of halogens is 4. The molecule has 1 fully saturated rings. The zero-order valence-electron chi connectivity index (χ0n) is 17.1. The molecule has 31 heavy (non-hydrogen) atoms. The molecule has 0 bridgehead atoms. The molecule has 0 aliphatic carbocycles. The molecule has 0 amide bonds. The van der Waals surface area contributed by atoms with Crippen LogP contribution in [0.15, 0.2) is 47.5 Å². The van der Waals surface area contributed by atoms with E-state index < -0.39 is 32.7 Å². The Bertz CT molecular complexity index is 1180. The number of hydrogen-bond acceptors (Lipinski definition) is 4. The van der Waals surface area contributed by atoms with Gasteiger partial charge in [-0.2, -0.15) is 0 Å². The number of piperazine rings is 1. The first-order valence-corrected chi connectivity index (χ1v) is 11.7. The predicted molar refractivity (Wildman–Crippen MR) is 117 cm³/mol. The smallest absolute Gasteiger partial charge is 0.271 e. The van der Waals surface area contributed by atoms with Crippen molar-refractivity contribution >= 4 is 38.2 Å². The minimum absolute atomic E-state index is 0.00964. The molecule has 3 aromatic rings. The number of benzene rings is 2. The SMILES string of the molecule is CC.O=S(=O)(c1ccccc1F)n1cc(C(F)F)c2c(N3CCNCC3)cc(Cl)cc21. The standard InChI is InChI=1S/C19H17ClF3N3O2S.C2H6/c20-12-9-15(25-7-5-24-6-8-25)18-13(19(22)23)11-26(16(18)10-12)29(27,28)17-4-2-1-3-14(17)21;1-2/h1-4,9-11,19,24H,5-8H2;1-2H3. The Morgan fingerprint density at radius 2 is 1.74 bits per heavy atom. The van der Waals surface area contributed by atoms with Gasteiger partial charge < -0.3 is 10.2 Å². The molecule has 2 aromatic carbocycles. The lowest BCUT2D eigenvalue weighted by Crippen LogP contribution is -2.43. The summed E-state index contributed by atoms with van der Waals surface area (Å²) in [4.78, 5) is 1.29. The monoisotopic (exact) mass is 473 g/mol. The van der Waals surface area contributed by atoms with Crippen molar-refractivity contribution in [2.75, 3.05) is 31.1 Å². The molecule has 1 saturated heterocycles. The third-order valence-electron chi connectivity index (χ3n) is 4.91. The van der Waals surface area contributed by atoms with E-state index in [4.69, 9.17) is 11.6 Å². The molecule has 4 rings (SSSR count). The molecular formula is C21H23ClF3N3O2S. The van der Waals surface area contributed by atoms with Crippen LogP contribution in [0.2, 0.25) is 5.02 Å². The normalized spacial score (nSPS) is 14.6. The molecule has 1 aliphatic heterocycles. The molecule has 0 atom stereocenters. The minimum Gasteiger partial charge on any atom is -0.368 e. The molecule has 1 aliphatic rings. The van der Waals surface area contributed by atoms with Crippen molar-refractivity contribution in [3.63, 3.8) is 0 Å². The fraction of sp³-hybridized carbons (Fsp3) is 0.333. The van der Waals surface area contributed by atoms with Gasteiger partial charge in [-0.3, -0.25) is 0 Å². The third kappa shape index (κ3) is 4.40. The van der Waals surface area contributed by atoms with Crippen LogP contribution in [-0.2, 0) is 10.0 Å². The zero-order chi connectivity index (χ0) is 22.8. The van der Waals surface area contributed by atoms with Crippen molar-refractivity contribution in [3.05, 3.63) is 59.0 Å². The molecule has 2 heterocycles. The van der Waals surface area contributed by atoms with Crippen LogP contribution in [0, 0.1) is 5.82 Å². The van der Waals surface area contributed by atoms with Gasteiger partial charge in [0.2, 0.25) is 0 Å². The Morgan fingerprint density at radius 3 is 2.35 bits per heavy atom. The molecule has 0 saturated carbocycles. The van der Waals surface area contributed by atoms with E-state index in [-0.39, 0.29) is 15.9 Å². The average Bonchev–Trinajstić information content (AvgIpc) is 3.16. The second kappa shape index (κ2) is 9.50. The van der Waals surface area contributed by atoms with Gasteiger partial charge in [0.25, 0.3) is 16.4 Å². The van der Waals surface area contributed by atoms with Gasteiger partial charge in [0.05, 0.1) is 5.52 Å². The molecular weight excluding hydrogens is 451 g/mol. The van der Waals surface area contributed by atoms with E-state index in [1.807, 2.05) is 18.7 Å². The second-order valence-corrected chi connectivity index (χ2v) is 8.89. The highest BCUT2D eigenvalue weighted by atomic mass is 35.5. The zero-order valence-corrected chi connectivity index (χ0v) is 18.7. The van der Waals surface area contributed by atoms with Crippen molar-refractivity contribution in [2.24, 2.45) is 0 Å². The number of aromatic nitrogens is 1. The third-order valence-corrected chi connectivity index (χ3v) is 6.84. The maximum atomic E-state index is 14.2. The fourth-order valence-corrected chi connectivity index (χ4v) is 5.23. The van der Waals surface area contributed by atoms with E-state index in [1.54, 1.807) is 6.07 Å². The van der Waals surface area contributed by atoms with Gasteiger partial charge in [-0.25, -0.2) is 25.6 Å². The van der Waals surface area contributed by atoms with Gasteiger partial charge in [-0.05, 0) is 24.3 Å². The molecule has 0 spiro atoms. The summed E-state index contributed by atoms with van der Waals surface area (Å²) >= 11 is 6.22. The number of nitrogens with one attached hydrogen (secondary N) is 1. The van der Waals surface area contributed by atoms with Crippen molar-refractivity contribution in [2.45, 2.75) is 25.2 Å². The lowest BCUT2D eigenvalue weighted by atomic mass is 10.1. The molecule has 0 unspecified atom stereocenters. The van der Waals surface area contributed by atoms with E-state index >= 15 is 0 Å². The van der Waals surface area contributed by atoms with Crippen molar-refractivity contribution in [3.8, 4) is 0 Å². The Kier molecular flexibility index (Phi) is 7.18. The highest BCUT2D eigenvalue weighted by Gasteiger charge is 2.29. The molecule has 0 radical (unpaired) electrons. The molecule has 10 heteroatoms. The summed E-state index contributed by atoms with van der Waals surface area (Å²) in [6, 6.07) is 7.70. The first-order valence-electron chi connectivity index (χ1n) is 9.89. The number of nitrogens with zero attached hydrogens (tertiary/aromatic N) is 2. The maximum Gasteiger partial charge on any atom is 0.271 e. The highest BCUT2D eigenvalue weighted by molar-refractivity contribution is 7.90. The second-order valence-electron chi connectivity index (χ2n) is 6.67. The van der Waals surface area contributed by atoms with Gasteiger partial charge in [-0.1, -0.05) is 37.6 Å². The van der Waals surface area contributed by atoms with Crippen LogP contribution < -0.4 is 10.2 Å². The van der Waals surface area contributed by atoms with Crippen LogP contribution in [0.3, 0.4) is 0 Å². The number of fused-ring (bicyclic) bond motifs is 1. The minimum atomic E-state index is -4.45. The van der Waals surface area contributed by atoms with Crippen LogP contribution >= 0.6 is 11.6 Å². The summed E-state index contributed by atoms with van der Waals surface area (Å²) in [6.07, 6.45) is -2.06. The number of rotatable bonds is 4. The van der Waals surface area contributed by atoms with E-state index in [0.29, 0.717) is 35.8 Å². The Hall–Kier alpha value is -2.23. The highest BCUT2D eigenvalue weighted by Crippen LogP contribution is 2.40. The van der Waals surface area contributed by atoms with Crippen LogP contribution in [-0.4, -0.2) is 38.6 Å². The van der Waals surface area contributed by atoms with Crippen LogP contribution in [0.25, 0.3) is 10.9 Å². The van der Waals surface area contributed by atoms with E-state index in [2.05, 4.69) is 5.32 Å². The van der Waals surface area contributed by atoms with Crippen molar-refractivity contribution in [1.29, 1.82) is 0 Å². The maximum absolute atomic E-state index is 14.2. The average molecular weight is 474 g/mol. The first-order chi connectivity index (χ1) is 14.8. The molecule has 5 nitrogen and oxygen atoms in total. The number of hydrogen-bond donors (Lipinski definition) is 1. The summed E-state index contributed by atoms with van der Waals surface area (Å²) in [5, 5.41) is 3.48. The predicted octanol–water partition coefficient (Wildman–Crippen LogP) is 5.04. The largest absolute Gasteiger partial charge is 0.368 e. The summed E-state index contributed by atoms with van der Waals surface area (Å²) < 4.78 is 68.9. The lowest BCUT2D eigenvalue weighted by Gasteiger charge is -2.30. The quantitative estimate of drug-likeness (QED) is 0.576. The first kappa shape index (κ1) is 23.4. The number of alkyl halides is 2. The van der Waals surface area contributed by atoms with Gasteiger partial charge in [0, 0.05) is 54.0 Å². The van der Waals surface area contributed by atoms with Crippen LogP contribution in [0.5, 0.6) is 0 Å². The summed E-state index contributed by atoms with van der Waals surface area (Å²) in [5.41, 5.74) is -0.0125. The molecule has 168 valence electrons. The van der Waals surface area contributed by atoms with E-state index in [9.17, 15) is 21.6 Å². The fourth-order valence-electron chi connectivity index (χ4n) is 3.59. The van der Waals surface area contributed by atoms with Crippen LogP contribution in [0.1, 0.15) is 25.8 Å². The van der Waals surface area contributed by atoms with E-state index in [1.165, 1.54) is 18.2 Å². The van der Waals surface area contributed by atoms with Gasteiger partial charge >= 0.3 is 0 Å². The summed E-state index contributed by atoms with van der Waals surface area (Å²) in [7, 11) is -4.45. The summed E-state index contributed by atoms with van der Waals surface area (Å²) in [5.74, 6) is -0.961. The van der Waals surface area contributed by atoms with Gasteiger partial charge in [0.1, 0.15) is 10.7 Å². The van der Waals surface area contributed by atoms with Gasteiger partial charge in [0.15, 0.2) is 0 Å². The Morgan fingerprint density at radius 1 is 1.10 bits per heavy atom. The van der Waals surface area contributed by atoms with E-state index in [0.717, 1.165) is 18.3 Å². The molecule has 1 aromatic heterocycles. The lowest BCUT2D eigenvalue weighted by molar-refractivity contribution is 0.153. The molecule has 1 N–H and O–H groups in total.